The Hall–Kier alpha value is -1.68. The Morgan fingerprint density at radius 3 is 2.54 bits per heavy atom. The lowest BCUT2D eigenvalue weighted by molar-refractivity contribution is 0.123. The van der Waals surface area contributed by atoms with Gasteiger partial charge in [0.2, 0.25) is 0 Å². The predicted molar refractivity (Wildman–Crippen MR) is 97.0 cm³/mol. The Bertz CT molecular complexity index is 635. The summed E-state index contributed by atoms with van der Waals surface area (Å²) < 4.78 is 5.63. The van der Waals surface area contributed by atoms with Gasteiger partial charge >= 0.3 is 0 Å². The second kappa shape index (κ2) is 7.93. The molecule has 1 aliphatic heterocycles. The van der Waals surface area contributed by atoms with Crippen LogP contribution in [0, 0.1) is 12.3 Å². The van der Waals surface area contributed by atoms with E-state index in [-0.39, 0.29) is 18.1 Å². The fourth-order valence-electron chi connectivity index (χ4n) is 3.59. The van der Waals surface area contributed by atoms with Crippen LogP contribution >= 0.6 is 0 Å². The van der Waals surface area contributed by atoms with E-state index in [9.17, 15) is 5.11 Å². The fraction of sp³-hybridized carbons (Fsp3) is 0.429. The van der Waals surface area contributed by atoms with Gasteiger partial charge in [-0.3, -0.25) is 0 Å². The van der Waals surface area contributed by atoms with Crippen molar-refractivity contribution in [2.75, 3.05) is 26.4 Å². The van der Waals surface area contributed by atoms with Gasteiger partial charge in [-0.05, 0) is 36.5 Å². The Balaban J connectivity index is 1.84. The van der Waals surface area contributed by atoms with Crippen LogP contribution in [-0.2, 0) is 4.74 Å². The second-order valence-electron chi connectivity index (χ2n) is 6.86. The molecule has 1 fully saturated rings. The van der Waals surface area contributed by atoms with E-state index in [0.29, 0.717) is 0 Å². The molecule has 0 saturated carbocycles. The number of aliphatic hydroxyl groups is 1. The Labute approximate surface area is 144 Å². The summed E-state index contributed by atoms with van der Waals surface area (Å²) in [7, 11) is 0. The largest absolute Gasteiger partial charge is 0.396 e. The van der Waals surface area contributed by atoms with Gasteiger partial charge in [0, 0.05) is 25.2 Å². The third kappa shape index (κ3) is 3.86. The highest BCUT2D eigenvalue weighted by atomic mass is 16.5. The van der Waals surface area contributed by atoms with Crippen LogP contribution in [0.25, 0.3) is 0 Å². The monoisotopic (exact) mass is 325 g/mol. The number of aliphatic hydroxyl groups excluding tert-OH is 1. The van der Waals surface area contributed by atoms with E-state index in [0.717, 1.165) is 32.6 Å². The van der Waals surface area contributed by atoms with Gasteiger partial charge < -0.3 is 15.2 Å². The molecule has 0 aromatic heterocycles. The summed E-state index contributed by atoms with van der Waals surface area (Å²) in [5, 5.41) is 13.2. The lowest BCUT2D eigenvalue weighted by Gasteiger charge is -2.31. The standard InChI is InChI=1S/C21H27NO2/c1-17-7-5-6-10-19(17)20(18-8-3-2-4-9-18)22-15-21(11-13-23)12-14-24-16-21/h2-10,20,22-23H,11-16H2,1H3. The minimum atomic E-state index is 0.0461. The van der Waals surface area contributed by atoms with Gasteiger partial charge in [0.15, 0.2) is 0 Å². The van der Waals surface area contributed by atoms with E-state index in [1.807, 2.05) is 0 Å². The van der Waals surface area contributed by atoms with Gasteiger partial charge in [-0.2, -0.15) is 0 Å². The highest BCUT2D eigenvalue weighted by molar-refractivity contribution is 5.36. The van der Waals surface area contributed by atoms with E-state index < -0.39 is 0 Å². The van der Waals surface area contributed by atoms with Crippen LogP contribution in [0.4, 0.5) is 0 Å². The number of benzene rings is 2. The molecule has 2 aromatic rings. The number of rotatable bonds is 7. The van der Waals surface area contributed by atoms with Gasteiger partial charge in [-0.15, -0.1) is 0 Å². The minimum absolute atomic E-state index is 0.0461. The van der Waals surface area contributed by atoms with Crippen molar-refractivity contribution in [1.29, 1.82) is 0 Å². The molecule has 0 radical (unpaired) electrons. The molecule has 0 amide bonds. The second-order valence-corrected chi connectivity index (χ2v) is 6.86. The summed E-state index contributed by atoms with van der Waals surface area (Å²) in [6, 6.07) is 19.3. The molecule has 1 saturated heterocycles. The van der Waals surface area contributed by atoms with Crippen molar-refractivity contribution < 1.29 is 9.84 Å². The number of hydrogen-bond acceptors (Lipinski definition) is 3. The molecule has 0 spiro atoms. The fourth-order valence-corrected chi connectivity index (χ4v) is 3.59. The van der Waals surface area contributed by atoms with Gasteiger partial charge in [0.25, 0.3) is 0 Å². The number of ether oxygens (including phenoxy) is 1. The van der Waals surface area contributed by atoms with E-state index >= 15 is 0 Å². The topological polar surface area (TPSA) is 41.5 Å². The van der Waals surface area contributed by atoms with Crippen LogP contribution in [0.15, 0.2) is 54.6 Å². The number of nitrogens with one attached hydrogen (secondary N) is 1. The summed E-state index contributed by atoms with van der Waals surface area (Å²) in [6.45, 7) is 4.75. The molecule has 0 aliphatic carbocycles. The first-order valence-corrected chi connectivity index (χ1v) is 8.77. The molecule has 2 atom stereocenters. The van der Waals surface area contributed by atoms with Gasteiger partial charge in [0.1, 0.15) is 0 Å². The van der Waals surface area contributed by atoms with E-state index in [2.05, 4.69) is 66.8 Å². The van der Waals surface area contributed by atoms with Crippen LogP contribution in [-0.4, -0.2) is 31.5 Å². The molecule has 0 bridgehead atoms. The summed E-state index contributed by atoms with van der Waals surface area (Å²) in [4.78, 5) is 0. The van der Waals surface area contributed by atoms with Gasteiger partial charge in [-0.25, -0.2) is 0 Å². The van der Waals surface area contributed by atoms with Crippen LogP contribution in [0.3, 0.4) is 0 Å². The van der Waals surface area contributed by atoms with Crippen molar-refractivity contribution in [2.24, 2.45) is 5.41 Å². The maximum atomic E-state index is 9.45. The molecule has 1 aliphatic rings. The first-order chi connectivity index (χ1) is 11.7. The average molecular weight is 325 g/mol. The van der Waals surface area contributed by atoms with Crippen molar-refractivity contribution in [2.45, 2.75) is 25.8 Å². The summed E-state index contributed by atoms with van der Waals surface area (Å²) in [5.74, 6) is 0. The smallest absolute Gasteiger partial charge is 0.0579 e. The molecule has 2 aromatic carbocycles. The summed E-state index contributed by atoms with van der Waals surface area (Å²) >= 11 is 0. The number of aryl methyl sites for hydroxylation is 1. The highest BCUT2D eigenvalue weighted by Gasteiger charge is 2.35. The molecule has 1 heterocycles. The molecule has 3 rings (SSSR count). The van der Waals surface area contributed by atoms with Crippen LogP contribution in [0.2, 0.25) is 0 Å². The molecule has 3 nitrogen and oxygen atoms in total. The lowest BCUT2D eigenvalue weighted by Crippen LogP contribution is -2.38. The van der Waals surface area contributed by atoms with Crippen LogP contribution in [0.5, 0.6) is 0 Å². The lowest BCUT2D eigenvalue weighted by atomic mass is 9.83. The van der Waals surface area contributed by atoms with Crippen molar-refractivity contribution in [1.82, 2.24) is 5.32 Å². The van der Waals surface area contributed by atoms with E-state index in [1.54, 1.807) is 0 Å². The van der Waals surface area contributed by atoms with E-state index in [1.165, 1.54) is 16.7 Å². The molecule has 24 heavy (non-hydrogen) atoms. The van der Waals surface area contributed by atoms with E-state index in [4.69, 9.17) is 4.74 Å². The zero-order valence-electron chi connectivity index (χ0n) is 14.4. The minimum Gasteiger partial charge on any atom is -0.396 e. The zero-order valence-corrected chi connectivity index (χ0v) is 14.4. The molecule has 128 valence electrons. The molecule has 2 N–H and O–H groups in total. The normalized spacial score (nSPS) is 21.8. The summed E-state index contributed by atoms with van der Waals surface area (Å²) in [6.07, 6.45) is 1.80. The average Bonchev–Trinajstić information content (AvgIpc) is 3.07. The Morgan fingerprint density at radius 2 is 1.88 bits per heavy atom. The first-order valence-electron chi connectivity index (χ1n) is 8.77. The van der Waals surface area contributed by atoms with Gasteiger partial charge in [-0.1, -0.05) is 54.6 Å². The highest BCUT2D eigenvalue weighted by Crippen LogP contribution is 2.33. The quantitative estimate of drug-likeness (QED) is 0.819. The number of hydrogen-bond donors (Lipinski definition) is 2. The van der Waals surface area contributed by atoms with Crippen LogP contribution < -0.4 is 5.32 Å². The molecule has 3 heteroatoms. The van der Waals surface area contributed by atoms with Crippen molar-refractivity contribution in [3.63, 3.8) is 0 Å². The van der Waals surface area contributed by atoms with Gasteiger partial charge in [0.05, 0.1) is 12.6 Å². The molecular formula is C21H27NO2. The Morgan fingerprint density at radius 1 is 1.12 bits per heavy atom. The zero-order chi connectivity index (χ0) is 16.8. The Kier molecular flexibility index (Phi) is 5.67. The third-order valence-electron chi connectivity index (χ3n) is 5.14. The van der Waals surface area contributed by atoms with Crippen LogP contribution in [0.1, 0.15) is 35.6 Å². The maximum absolute atomic E-state index is 9.45. The third-order valence-corrected chi connectivity index (χ3v) is 5.14. The molecule has 2 unspecified atom stereocenters. The van der Waals surface area contributed by atoms with Crippen molar-refractivity contribution in [3.05, 3.63) is 71.3 Å². The summed E-state index contributed by atoms with van der Waals surface area (Å²) in [5.41, 5.74) is 3.91. The molecular weight excluding hydrogens is 298 g/mol. The SMILES string of the molecule is Cc1ccccc1C(NCC1(CCO)CCOC1)c1ccccc1. The first kappa shape index (κ1) is 17.2. The maximum Gasteiger partial charge on any atom is 0.0579 e. The van der Waals surface area contributed by atoms with Crippen molar-refractivity contribution >= 4 is 0 Å². The predicted octanol–water partition coefficient (Wildman–Crippen LogP) is 3.46. The van der Waals surface area contributed by atoms with Crippen molar-refractivity contribution in [3.8, 4) is 0 Å².